The third-order valence-corrected chi connectivity index (χ3v) is 3.29. The molecule has 0 radical (unpaired) electrons. The van der Waals surface area contributed by atoms with Crippen LogP contribution in [0, 0.1) is 6.92 Å². The predicted molar refractivity (Wildman–Crippen MR) is 86.7 cm³/mol. The fourth-order valence-corrected chi connectivity index (χ4v) is 2.10. The number of hydrogen-bond acceptors (Lipinski definition) is 3. The molecule has 2 aromatic rings. The normalized spacial score (nSPS) is 10.1. The number of anilines is 1. The van der Waals surface area contributed by atoms with E-state index in [9.17, 15) is 9.59 Å². The van der Waals surface area contributed by atoms with Crippen LogP contribution in [0.4, 0.5) is 5.69 Å². The molecule has 0 fully saturated rings. The molecule has 4 nitrogen and oxygen atoms in total. The molecule has 0 aliphatic heterocycles. The molecule has 0 atom stereocenters. The summed E-state index contributed by atoms with van der Waals surface area (Å²) in [7, 11) is 0. The minimum atomic E-state index is -0.193. The molecule has 2 rings (SSSR count). The molecule has 1 amide bonds. The lowest BCUT2D eigenvalue weighted by Crippen LogP contribution is -2.12. The van der Waals surface area contributed by atoms with Crippen molar-refractivity contribution in [1.82, 2.24) is 0 Å². The Morgan fingerprint density at radius 3 is 2.23 bits per heavy atom. The summed E-state index contributed by atoms with van der Waals surface area (Å²) < 4.78 is 5.46. The number of Topliss-reactive ketones (excluding diaryl/α,β-unsaturated/α-hetero) is 1. The standard InChI is InChI=1S/C18H19NO3/c1-4-22-17-10-7-15(11-12(17)2)18(21)19-16-8-5-14(6-9-16)13(3)20/h5-11H,4H2,1-3H3,(H,19,21). The van der Waals surface area contributed by atoms with Crippen molar-refractivity contribution in [2.45, 2.75) is 20.8 Å². The van der Waals surface area contributed by atoms with Crippen LogP contribution in [-0.2, 0) is 0 Å². The molecule has 0 saturated heterocycles. The van der Waals surface area contributed by atoms with Gasteiger partial charge in [0.15, 0.2) is 5.78 Å². The summed E-state index contributed by atoms with van der Waals surface area (Å²) in [5.41, 5.74) is 2.76. The Hall–Kier alpha value is -2.62. The van der Waals surface area contributed by atoms with Gasteiger partial charge in [-0.05, 0) is 68.8 Å². The van der Waals surface area contributed by atoms with Gasteiger partial charge >= 0.3 is 0 Å². The van der Waals surface area contributed by atoms with Crippen LogP contribution in [0.1, 0.15) is 40.1 Å². The molecule has 4 heteroatoms. The van der Waals surface area contributed by atoms with E-state index in [2.05, 4.69) is 5.32 Å². The maximum atomic E-state index is 12.2. The summed E-state index contributed by atoms with van der Waals surface area (Å²) >= 11 is 0. The van der Waals surface area contributed by atoms with Gasteiger partial charge in [-0.25, -0.2) is 0 Å². The highest BCUT2D eigenvalue weighted by Gasteiger charge is 2.09. The first kappa shape index (κ1) is 15.8. The largest absolute Gasteiger partial charge is 0.494 e. The van der Waals surface area contributed by atoms with Crippen molar-refractivity contribution in [3.63, 3.8) is 0 Å². The zero-order chi connectivity index (χ0) is 16.1. The number of carbonyl (C=O) groups is 2. The summed E-state index contributed by atoms with van der Waals surface area (Å²) in [5.74, 6) is 0.589. The fraction of sp³-hybridized carbons (Fsp3) is 0.222. The Morgan fingerprint density at radius 2 is 1.68 bits per heavy atom. The van der Waals surface area contributed by atoms with Gasteiger partial charge in [0.25, 0.3) is 5.91 Å². The zero-order valence-corrected chi connectivity index (χ0v) is 13.0. The number of amides is 1. The third kappa shape index (κ3) is 3.73. The van der Waals surface area contributed by atoms with E-state index in [1.807, 2.05) is 13.8 Å². The Morgan fingerprint density at radius 1 is 1.05 bits per heavy atom. The number of benzene rings is 2. The number of ether oxygens (including phenoxy) is 1. The van der Waals surface area contributed by atoms with Crippen molar-refractivity contribution >= 4 is 17.4 Å². The minimum Gasteiger partial charge on any atom is -0.494 e. The first-order chi connectivity index (χ1) is 10.5. The molecule has 0 saturated carbocycles. The van der Waals surface area contributed by atoms with E-state index in [1.165, 1.54) is 6.92 Å². The van der Waals surface area contributed by atoms with E-state index in [4.69, 9.17) is 4.74 Å². The molecular weight excluding hydrogens is 278 g/mol. The topological polar surface area (TPSA) is 55.4 Å². The highest BCUT2D eigenvalue weighted by Crippen LogP contribution is 2.20. The number of hydrogen-bond donors (Lipinski definition) is 1. The molecule has 22 heavy (non-hydrogen) atoms. The summed E-state index contributed by atoms with van der Waals surface area (Å²) in [6.07, 6.45) is 0. The molecule has 114 valence electrons. The van der Waals surface area contributed by atoms with Crippen molar-refractivity contribution in [3.8, 4) is 5.75 Å². The highest BCUT2D eigenvalue weighted by molar-refractivity contribution is 6.04. The summed E-state index contributed by atoms with van der Waals surface area (Å²) in [4.78, 5) is 23.5. The first-order valence-electron chi connectivity index (χ1n) is 7.17. The summed E-state index contributed by atoms with van der Waals surface area (Å²) in [5, 5.41) is 2.81. The van der Waals surface area contributed by atoms with Crippen molar-refractivity contribution < 1.29 is 14.3 Å². The summed E-state index contributed by atoms with van der Waals surface area (Å²) in [6.45, 7) is 5.93. The molecule has 0 spiro atoms. The smallest absolute Gasteiger partial charge is 0.255 e. The lowest BCUT2D eigenvalue weighted by molar-refractivity contribution is 0.101. The molecule has 0 aliphatic rings. The number of nitrogens with one attached hydrogen (secondary N) is 1. The van der Waals surface area contributed by atoms with Crippen LogP contribution in [0.2, 0.25) is 0 Å². The average Bonchev–Trinajstić information content (AvgIpc) is 2.50. The summed E-state index contributed by atoms with van der Waals surface area (Å²) in [6, 6.07) is 12.2. The maximum absolute atomic E-state index is 12.2. The average molecular weight is 297 g/mol. The molecular formula is C18H19NO3. The van der Waals surface area contributed by atoms with Crippen LogP contribution in [0.3, 0.4) is 0 Å². The van der Waals surface area contributed by atoms with Gasteiger partial charge in [-0.15, -0.1) is 0 Å². The second kappa shape index (κ2) is 6.89. The lowest BCUT2D eigenvalue weighted by Gasteiger charge is -2.10. The van der Waals surface area contributed by atoms with Crippen LogP contribution < -0.4 is 10.1 Å². The van der Waals surface area contributed by atoms with Gasteiger partial charge in [0.1, 0.15) is 5.75 Å². The Bertz CT molecular complexity index is 690. The molecule has 0 bridgehead atoms. The number of rotatable bonds is 5. The van der Waals surface area contributed by atoms with Gasteiger partial charge in [-0.3, -0.25) is 9.59 Å². The number of carbonyl (C=O) groups excluding carboxylic acids is 2. The van der Waals surface area contributed by atoms with Crippen LogP contribution in [0.15, 0.2) is 42.5 Å². The van der Waals surface area contributed by atoms with Gasteiger partial charge in [0.05, 0.1) is 6.61 Å². The Labute approximate surface area is 130 Å². The molecule has 0 aromatic heterocycles. The predicted octanol–water partition coefficient (Wildman–Crippen LogP) is 3.85. The van der Waals surface area contributed by atoms with Crippen molar-refractivity contribution in [3.05, 3.63) is 59.2 Å². The lowest BCUT2D eigenvalue weighted by atomic mass is 10.1. The highest BCUT2D eigenvalue weighted by atomic mass is 16.5. The second-order valence-corrected chi connectivity index (χ2v) is 5.00. The molecule has 0 aliphatic carbocycles. The van der Waals surface area contributed by atoms with Crippen molar-refractivity contribution in [2.75, 3.05) is 11.9 Å². The van der Waals surface area contributed by atoms with E-state index in [-0.39, 0.29) is 11.7 Å². The van der Waals surface area contributed by atoms with E-state index in [0.717, 1.165) is 11.3 Å². The Balaban J connectivity index is 2.11. The maximum Gasteiger partial charge on any atom is 0.255 e. The number of ketones is 1. The first-order valence-corrected chi connectivity index (χ1v) is 7.17. The quantitative estimate of drug-likeness (QED) is 0.853. The monoisotopic (exact) mass is 297 g/mol. The van der Waals surface area contributed by atoms with Crippen LogP contribution in [0.25, 0.3) is 0 Å². The third-order valence-electron chi connectivity index (χ3n) is 3.29. The number of aryl methyl sites for hydroxylation is 1. The van der Waals surface area contributed by atoms with Gasteiger partial charge in [-0.1, -0.05) is 0 Å². The van der Waals surface area contributed by atoms with Gasteiger partial charge in [0, 0.05) is 16.8 Å². The van der Waals surface area contributed by atoms with E-state index < -0.39 is 0 Å². The van der Waals surface area contributed by atoms with Crippen LogP contribution in [0.5, 0.6) is 5.75 Å². The van der Waals surface area contributed by atoms with Crippen molar-refractivity contribution in [1.29, 1.82) is 0 Å². The molecule has 2 aromatic carbocycles. The van der Waals surface area contributed by atoms with E-state index in [1.54, 1.807) is 42.5 Å². The van der Waals surface area contributed by atoms with Gasteiger partial charge in [-0.2, -0.15) is 0 Å². The minimum absolute atomic E-state index is 0.0000132. The van der Waals surface area contributed by atoms with E-state index >= 15 is 0 Å². The van der Waals surface area contributed by atoms with Crippen LogP contribution >= 0.6 is 0 Å². The Kier molecular flexibility index (Phi) is 4.94. The van der Waals surface area contributed by atoms with Gasteiger partial charge in [0.2, 0.25) is 0 Å². The zero-order valence-electron chi connectivity index (χ0n) is 13.0. The van der Waals surface area contributed by atoms with Crippen LogP contribution in [-0.4, -0.2) is 18.3 Å². The molecule has 0 heterocycles. The fourth-order valence-electron chi connectivity index (χ4n) is 2.10. The second-order valence-electron chi connectivity index (χ2n) is 5.00. The van der Waals surface area contributed by atoms with Gasteiger partial charge < -0.3 is 10.1 Å². The van der Waals surface area contributed by atoms with Crippen molar-refractivity contribution in [2.24, 2.45) is 0 Å². The molecule has 0 unspecified atom stereocenters. The SMILES string of the molecule is CCOc1ccc(C(=O)Nc2ccc(C(C)=O)cc2)cc1C. The molecule has 1 N–H and O–H groups in total. The van der Waals surface area contributed by atoms with E-state index in [0.29, 0.717) is 23.4 Å².